The van der Waals surface area contributed by atoms with Gasteiger partial charge in [-0.3, -0.25) is 4.79 Å². The molecule has 0 radical (unpaired) electrons. The van der Waals surface area contributed by atoms with E-state index < -0.39 is 0 Å². The Balaban J connectivity index is 2.59. The van der Waals surface area contributed by atoms with E-state index >= 15 is 0 Å². The maximum Gasteiger partial charge on any atom is 0.222 e. The van der Waals surface area contributed by atoms with Crippen LogP contribution in [0.4, 0.5) is 0 Å². The fourth-order valence-corrected chi connectivity index (χ4v) is 2.11. The van der Waals surface area contributed by atoms with Gasteiger partial charge in [0.05, 0.1) is 13.2 Å². The van der Waals surface area contributed by atoms with Crippen LogP contribution in [0.1, 0.15) is 44.7 Å². The molecule has 0 saturated carbocycles. The zero-order chi connectivity index (χ0) is 14.3. The lowest BCUT2D eigenvalue weighted by Crippen LogP contribution is -2.33. The van der Waals surface area contributed by atoms with Gasteiger partial charge in [0.25, 0.3) is 0 Å². The Morgan fingerprint density at radius 3 is 2.74 bits per heavy atom. The molecule has 4 heteroatoms. The van der Waals surface area contributed by atoms with Gasteiger partial charge in [0.15, 0.2) is 0 Å². The SMILES string of the molecule is CCCC(N)CC(=O)NC(C)c1ccccc1OC. The molecule has 0 bridgehead atoms. The van der Waals surface area contributed by atoms with Crippen molar-refractivity contribution in [2.24, 2.45) is 5.73 Å². The number of rotatable bonds is 7. The van der Waals surface area contributed by atoms with Gasteiger partial charge in [-0.2, -0.15) is 0 Å². The Bertz CT molecular complexity index is 407. The molecule has 2 unspecified atom stereocenters. The predicted molar refractivity (Wildman–Crippen MR) is 77.1 cm³/mol. The largest absolute Gasteiger partial charge is 0.496 e. The third-order valence-electron chi connectivity index (χ3n) is 3.09. The summed E-state index contributed by atoms with van der Waals surface area (Å²) < 4.78 is 5.29. The van der Waals surface area contributed by atoms with Crippen molar-refractivity contribution in [2.75, 3.05) is 7.11 Å². The Labute approximate surface area is 115 Å². The van der Waals surface area contributed by atoms with Crippen LogP contribution in [-0.4, -0.2) is 19.1 Å². The van der Waals surface area contributed by atoms with Gasteiger partial charge in [0, 0.05) is 18.0 Å². The molecule has 19 heavy (non-hydrogen) atoms. The van der Waals surface area contributed by atoms with Crippen molar-refractivity contribution in [3.63, 3.8) is 0 Å². The third-order valence-corrected chi connectivity index (χ3v) is 3.09. The van der Waals surface area contributed by atoms with Gasteiger partial charge in [-0.15, -0.1) is 0 Å². The first kappa shape index (κ1) is 15.5. The number of ether oxygens (including phenoxy) is 1. The van der Waals surface area contributed by atoms with Crippen LogP contribution in [0.5, 0.6) is 5.75 Å². The standard InChI is InChI=1S/C15H24N2O2/c1-4-7-12(16)10-15(18)17-11(2)13-8-5-6-9-14(13)19-3/h5-6,8-9,11-12H,4,7,10,16H2,1-3H3,(H,17,18). The lowest BCUT2D eigenvalue weighted by atomic mass is 10.1. The molecule has 0 spiro atoms. The van der Waals surface area contributed by atoms with Crippen molar-refractivity contribution in [1.82, 2.24) is 5.32 Å². The Kier molecular flexibility index (Phi) is 6.36. The van der Waals surface area contributed by atoms with E-state index in [2.05, 4.69) is 12.2 Å². The maximum atomic E-state index is 11.9. The predicted octanol–water partition coefficient (Wildman–Crippen LogP) is 2.39. The van der Waals surface area contributed by atoms with Gasteiger partial charge < -0.3 is 15.8 Å². The number of hydrogen-bond donors (Lipinski definition) is 2. The van der Waals surface area contributed by atoms with E-state index in [1.807, 2.05) is 31.2 Å². The molecule has 3 N–H and O–H groups in total. The highest BCUT2D eigenvalue weighted by molar-refractivity contribution is 5.77. The second-order valence-electron chi connectivity index (χ2n) is 4.78. The number of methoxy groups -OCH3 is 1. The number of amides is 1. The molecule has 0 heterocycles. The van der Waals surface area contributed by atoms with Crippen LogP contribution in [0, 0.1) is 0 Å². The highest BCUT2D eigenvalue weighted by atomic mass is 16.5. The van der Waals surface area contributed by atoms with Crippen LogP contribution >= 0.6 is 0 Å². The molecule has 1 aromatic rings. The monoisotopic (exact) mass is 264 g/mol. The topological polar surface area (TPSA) is 64.4 Å². The molecule has 0 aliphatic heterocycles. The van der Waals surface area contributed by atoms with Crippen molar-refractivity contribution in [2.45, 2.75) is 45.2 Å². The average Bonchev–Trinajstić information content (AvgIpc) is 2.38. The minimum atomic E-state index is -0.0857. The van der Waals surface area contributed by atoms with Gasteiger partial charge in [-0.25, -0.2) is 0 Å². The minimum absolute atomic E-state index is 0.0145. The number of carbonyl (C=O) groups excluding carboxylic acids is 1. The summed E-state index contributed by atoms with van der Waals surface area (Å²) in [6.45, 7) is 4.01. The van der Waals surface area contributed by atoms with Gasteiger partial charge in [0.2, 0.25) is 5.91 Å². The van der Waals surface area contributed by atoms with E-state index in [4.69, 9.17) is 10.5 Å². The molecule has 1 rings (SSSR count). The molecule has 0 saturated heterocycles. The van der Waals surface area contributed by atoms with Gasteiger partial charge in [-0.05, 0) is 19.4 Å². The van der Waals surface area contributed by atoms with E-state index in [-0.39, 0.29) is 18.0 Å². The fourth-order valence-electron chi connectivity index (χ4n) is 2.11. The Morgan fingerprint density at radius 2 is 2.11 bits per heavy atom. The number of nitrogens with two attached hydrogens (primary N) is 1. The summed E-state index contributed by atoms with van der Waals surface area (Å²) in [7, 11) is 1.63. The molecule has 0 aliphatic rings. The van der Waals surface area contributed by atoms with Crippen LogP contribution in [0.25, 0.3) is 0 Å². The minimum Gasteiger partial charge on any atom is -0.496 e. The molecule has 106 valence electrons. The highest BCUT2D eigenvalue weighted by Gasteiger charge is 2.15. The smallest absolute Gasteiger partial charge is 0.222 e. The fraction of sp³-hybridized carbons (Fsp3) is 0.533. The van der Waals surface area contributed by atoms with Gasteiger partial charge in [-0.1, -0.05) is 31.5 Å². The Hall–Kier alpha value is -1.55. The van der Waals surface area contributed by atoms with Crippen LogP contribution in [0.15, 0.2) is 24.3 Å². The normalized spacial score (nSPS) is 13.7. The second kappa shape index (κ2) is 7.79. The summed E-state index contributed by atoms with van der Waals surface area (Å²) in [5.41, 5.74) is 6.84. The Morgan fingerprint density at radius 1 is 1.42 bits per heavy atom. The summed E-state index contributed by atoms with van der Waals surface area (Å²) >= 11 is 0. The van der Waals surface area contributed by atoms with Crippen molar-refractivity contribution in [3.05, 3.63) is 29.8 Å². The number of nitrogens with one attached hydrogen (secondary N) is 1. The first-order chi connectivity index (χ1) is 9.08. The van der Waals surface area contributed by atoms with E-state index in [1.165, 1.54) is 0 Å². The highest BCUT2D eigenvalue weighted by Crippen LogP contribution is 2.24. The molecule has 0 fully saturated rings. The second-order valence-corrected chi connectivity index (χ2v) is 4.78. The summed E-state index contributed by atoms with van der Waals surface area (Å²) in [5, 5.41) is 2.96. The molecule has 1 amide bonds. The van der Waals surface area contributed by atoms with Crippen LogP contribution < -0.4 is 15.8 Å². The molecule has 4 nitrogen and oxygen atoms in total. The molecular weight excluding hydrogens is 240 g/mol. The van der Waals surface area contributed by atoms with Gasteiger partial charge in [0.1, 0.15) is 5.75 Å². The molecule has 2 atom stereocenters. The van der Waals surface area contributed by atoms with Gasteiger partial charge >= 0.3 is 0 Å². The lowest BCUT2D eigenvalue weighted by molar-refractivity contribution is -0.122. The van der Waals surface area contributed by atoms with Crippen LogP contribution in [0.3, 0.4) is 0 Å². The number of carbonyl (C=O) groups is 1. The number of para-hydroxylation sites is 1. The van der Waals surface area contributed by atoms with E-state index in [0.29, 0.717) is 6.42 Å². The molecule has 0 aromatic heterocycles. The van der Waals surface area contributed by atoms with Crippen molar-refractivity contribution >= 4 is 5.91 Å². The zero-order valence-electron chi connectivity index (χ0n) is 12.0. The van der Waals surface area contributed by atoms with Crippen molar-refractivity contribution in [1.29, 1.82) is 0 Å². The summed E-state index contributed by atoms with van der Waals surface area (Å²) in [6, 6.07) is 7.54. The number of benzene rings is 1. The molecule has 1 aromatic carbocycles. The van der Waals surface area contributed by atoms with Crippen molar-refractivity contribution < 1.29 is 9.53 Å². The average molecular weight is 264 g/mol. The quantitative estimate of drug-likeness (QED) is 0.794. The summed E-state index contributed by atoms with van der Waals surface area (Å²) in [6.07, 6.45) is 2.24. The zero-order valence-corrected chi connectivity index (χ0v) is 12.0. The van der Waals surface area contributed by atoms with E-state index in [9.17, 15) is 4.79 Å². The van der Waals surface area contributed by atoms with Crippen LogP contribution in [0.2, 0.25) is 0 Å². The summed E-state index contributed by atoms with van der Waals surface area (Å²) in [5.74, 6) is 0.771. The molecule has 0 aliphatic carbocycles. The van der Waals surface area contributed by atoms with Crippen molar-refractivity contribution in [3.8, 4) is 5.75 Å². The lowest BCUT2D eigenvalue weighted by Gasteiger charge is -2.18. The maximum absolute atomic E-state index is 11.9. The number of hydrogen-bond acceptors (Lipinski definition) is 3. The molecular formula is C15H24N2O2. The first-order valence-corrected chi connectivity index (χ1v) is 6.76. The van der Waals surface area contributed by atoms with Crippen LogP contribution in [-0.2, 0) is 4.79 Å². The third kappa shape index (κ3) is 4.91. The summed E-state index contributed by atoms with van der Waals surface area (Å²) in [4.78, 5) is 11.9. The van der Waals surface area contributed by atoms with E-state index in [1.54, 1.807) is 7.11 Å². The van der Waals surface area contributed by atoms with E-state index in [0.717, 1.165) is 24.2 Å². The first-order valence-electron chi connectivity index (χ1n) is 6.76.